The van der Waals surface area contributed by atoms with Crippen molar-refractivity contribution in [2.24, 2.45) is 0 Å². The lowest BCUT2D eigenvalue weighted by atomic mass is 10.2. The van der Waals surface area contributed by atoms with Gasteiger partial charge in [0.1, 0.15) is 11.5 Å². The highest BCUT2D eigenvalue weighted by molar-refractivity contribution is 7.93. The van der Waals surface area contributed by atoms with E-state index in [2.05, 4.69) is 6.92 Å². The van der Waals surface area contributed by atoms with Crippen molar-refractivity contribution < 1.29 is 22.7 Å². The molecule has 0 heterocycles. The molecule has 3 aromatic carbocycles. The van der Waals surface area contributed by atoms with E-state index in [1.54, 1.807) is 36.4 Å². The molecule has 0 bridgehead atoms. The number of sulfonamides is 1. The van der Waals surface area contributed by atoms with Crippen molar-refractivity contribution in [3.8, 4) is 11.5 Å². The smallest absolute Gasteiger partial charge is 0.270 e. The predicted molar refractivity (Wildman–Crippen MR) is 129 cm³/mol. The Balaban J connectivity index is 1.76. The number of aryl methyl sites for hydroxylation is 2. The van der Waals surface area contributed by atoms with Crippen LogP contribution in [0.2, 0.25) is 0 Å². The van der Waals surface area contributed by atoms with Gasteiger partial charge in [0, 0.05) is 6.42 Å². The number of anilines is 1. The minimum absolute atomic E-state index is 0.0180. The Morgan fingerprint density at radius 2 is 1.48 bits per heavy atom. The Kier molecular flexibility index (Phi) is 8.11. The van der Waals surface area contributed by atoms with Crippen molar-refractivity contribution in [3.63, 3.8) is 0 Å². The molecule has 0 radical (unpaired) electrons. The monoisotopic (exact) mass is 467 g/mol. The summed E-state index contributed by atoms with van der Waals surface area (Å²) in [6.45, 7) is 4.26. The number of amides is 1. The normalized spacial score (nSPS) is 11.1. The summed E-state index contributed by atoms with van der Waals surface area (Å²) in [4.78, 5) is 13.2. The second-order valence-corrected chi connectivity index (χ2v) is 9.41. The second kappa shape index (κ2) is 11.0. The first kappa shape index (κ1) is 24.3. The van der Waals surface area contributed by atoms with E-state index in [1.807, 2.05) is 31.2 Å². The molecule has 0 spiro atoms. The summed E-state index contributed by atoms with van der Waals surface area (Å²) >= 11 is 0. The van der Waals surface area contributed by atoms with Gasteiger partial charge in [-0.3, -0.25) is 4.79 Å². The van der Waals surface area contributed by atoms with Crippen molar-refractivity contribution in [3.05, 3.63) is 83.9 Å². The molecule has 0 saturated carbocycles. The summed E-state index contributed by atoms with van der Waals surface area (Å²) in [7, 11) is -2.56. The largest absolute Gasteiger partial charge is 0.497 e. The number of carbonyl (C=O) groups is 1. The molecule has 0 unspecified atom stereocenters. The molecule has 0 saturated heterocycles. The van der Waals surface area contributed by atoms with Gasteiger partial charge < -0.3 is 9.47 Å². The molecule has 7 heteroatoms. The highest BCUT2D eigenvalue weighted by Crippen LogP contribution is 2.27. The highest BCUT2D eigenvalue weighted by Gasteiger charge is 2.30. The van der Waals surface area contributed by atoms with Gasteiger partial charge in [-0.1, -0.05) is 36.8 Å². The molecule has 3 rings (SSSR count). The molecule has 174 valence electrons. The van der Waals surface area contributed by atoms with Crippen LogP contribution in [-0.4, -0.2) is 28.0 Å². The van der Waals surface area contributed by atoms with E-state index in [0.29, 0.717) is 18.8 Å². The number of benzene rings is 3. The summed E-state index contributed by atoms with van der Waals surface area (Å²) < 4.78 is 38.5. The molecule has 0 aliphatic heterocycles. The van der Waals surface area contributed by atoms with Gasteiger partial charge in [-0.2, -0.15) is 0 Å². The zero-order chi connectivity index (χ0) is 23.8. The van der Waals surface area contributed by atoms with E-state index in [1.165, 1.54) is 24.8 Å². The number of hydrogen-bond acceptors (Lipinski definition) is 5. The lowest BCUT2D eigenvalue weighted by Gasteiger charge is -2.23. The Hall–Kier alpha value is -3.32. The molecule has 1 amide bonds. The van der Waals surface area contributed by atoms with E-state index < -0.39 is 15.9 Å². The van der Waals surface area contributed by atoms with Crippen molar-refractivity contribution >= 4 is 21.6 Å². The van der Waals surface area contributed by atoms with Crippen LogP contribution in [0.3, 0.4) is 0 Å². The number of nitrogens with zero attached hydrogens (tertiary/aromatic N) is 1. The Labute approximate surface area is 195 Å². The fraction of sp³-hybridized carbons (Fsp3) is 0.269. The lowest BCUT2D eigenvalue weighted by Crippen LogP contribution is -2.37. The average Bonchev–Trinajstić information content (AvgIpc) is 2.83. The van der Waals surface area contributed by atoms with Crippen LogP contribution in [0.25, 0.3) is 0 Å². The zero-order valence-corrected chi connectivity index (χ0v) is 20.0. The number of methoxy groups -OCH3 is 1. The SMILES string of the molecule is CCc1ccc(OCCCC(=O)N(c2ccc(OC)cc2)S(=O)(=O)c2ccc(C)cc2)cc1. The maximum Gasteiger partial charge on any atom is 0.270 e. The highest BCUT2D eigenvalue weighted by atomic mass is 32.2. The van der Waals surface area contributed by atoms with Crippen LogP contribution in [0.4, 0.5) is 5.69 Å². The summed E-state index contributed by atoms with van der Waals surface area (Å²) in [5.74, 6) is 0.769. The molecule has 0 atom stereocenters. The summed E-state index contributed by atoms with van der Waals surface area (Å²) in [6.07, 6.45) is 1.35. The quantitative estimate of drug-likeness (QED) is 0.386. The predicted octanol–water partition coefficient (Wildman–Crippen LogP) is 5.15. The molecule has 0 N–H and O–H groups in total. The summed E-state index contributed by atoms with van der Waals surface area (Å²) in [6, 6.07) is 20.6. The van der Waals surface area contributed by atoms with Crippen molar-refractivity contribution in [1.29, 1.82) is 0 Å². The molecule has 33 heavy (non-hydrogen) atoms. The second-order valence-electron chi connectivity index (χ2n) is 7.62. The fourth-order valence-electron chi connectivity index (χ4n) is 3.29. The molecule has 6 nitrogen and oxygen atoms in total. The minimum Gasteiger partial charge on any atom is -0.497 e. The van der Waals surface area contributed by atoms with Gasteiger partial charge in [-0.05, 0) is 73.9 Å². The standard InChI is InChI=1S/C26H29NO5S/c1-4-21-9-13-24(14-10-21)32-19-5-6-26(28)27(22-11-15-23(31-3)16-12-22)33(29,30)25-17-7-20(2)8-18-25/h7-18H,4-6,19H2,1-3H3. The van der Waals surface area contributed by atoms with Crippen LogP contribution in [0.15, 0.2) is 77.7 Å². The van der Waals surface area contributed by atoms with Crippen LogP contribution < -0.4 is 13.8 Å². The maximum atomic E-state index is 13.4. The van der Waals surface area contributed by atoms with E-state index >= 15 is 0 Å². The molecule has 0 aliphatic carbocycles. The first-order chi connectivity index (χ1) is 15.8. The topological polar surface area (TPSA) is 72.9 Å². The van der Waals surface area contributed by atoms with Gasteiger partial charge in [0.15, 0.2) is 0 Å². The Morgan fingerprint density at radius 3 is 2.06 bits per heavy atom. The van der Waals surface area contributed by atoms with Crippen LogP contribution in [0.1, 0.15) is 30.9 Å². The summed E-state index contributed by atoms with van der Waals surface area (Å²) in [5.41, 5.74) is 2.41. The van der Waals surface area contributed by atoms with Crippen LogP contribution in [0.5, 0.6) is 11.5 Å². The minimum atomic E-state index is -4.08. The van der Waals surface area contributed by atoms with E-state index in [9.17, 15) is 13.2 Å². The first-order valence-corrected chi connectivity index (χ1v) is 12.3. The van der Waals surface area contributed by atoms with Crippen LogP contribution in [0, 0.1) is 6.92 Å². The van der Waals surface area contributed by atoms with E-state index in [-0.39, 0.29) is 17.0 Å². The first-order valence-electron chi connectivity index (χ1n) is 10.9. The van der Waals surface area contributed by atoms with Crippen molar-refractivity contribution in [2.75, 3.05) is 18.0 Å². The number of ether oxygens (including phenoxy) is 2. The molecule has 0 fully saturated rings. The third-order valence-electron chi connectivity index (χ3n) is 5.23. The molecular formula is C26H29NO5S. The van der Waals surface area contributed by atoms with Gasteiger partial charge in [-0.15, -0.1) is 0 Å². The molecule has 0 aliphatic rings. The van der Waals surface area contributed by atoms with E-state index in [4.69, 9.17) is 9.47 Å². The number of rotatable bonds is 10. The fourth-order valence-corrected chi connectivity index (χ4v) is 4.74. The van der Waals surface area contributed by atoms with Crippen LogP contribution >= 0.6 is 0 Å². The average molecular weight is 468 g/mol. The molecular weight excluding hydrogens is 438 g/mol. The van der Waals surface area contributed by atoms with Gasteiger partial charge in [-0.25, -0.2) is 12.7 Å². The van der Waals surface area contributed by atoms with Gasteiger partial charge in [0.25, 0.3) is 10.0 Å². The molecule has 3 aromatic rings. The van der Waals surface area contributed by atoms with Gasteiger partial charge in [0.05, 0.1) is 24.3 Å². The Morgan fingerprint density at radius 1 is 0.879 bits per heavy atom. The third-order valence-corrected chi connectivity index (χ3v) is 6.99. The molecule has 0 aromatic heterocycles. The zero-order valence-electron chi connectivity index (χ0n) is 19.2. The lowest BCUT2D eigenvalue weighted by molar-refractivity contribution is -0.117. The maximum absolute atomic E-state index is 13.4. The van der Waals surface area contributed by atoms with Crippen LogP contribution in [-0.2, 0) is 21.2 Å². The summed E-state index contributed by atoms with van der Waals surface area (Å²) in [5, 5.41) is 0. The Bertz CT molecular complexity index is 1150. The number of hydrogen-bond donors (Lipinski definition) is 0. The van der Waals surface area contributed by atoms with Crippen molar-refractivity contribution in [1.82, 2.24) is 0 Å². The van der Waals surface area contributed by atoms with E-state index in [0.717, 1.165) is 22.0 Å². The number of carbonyl (C=O) groups excluding carboxylic acids is 1. The van der Waals surface area contributed by atoms with Gasteiger partial charge in [0.2, 0.25) is 5.91 Å². The van der Waals surface area contributed by atoms with Crippen molar-refractivity contribution in [2.45, 2.75) is 38.0 Å². The third kappa shape index (κ3) is 6.14. The van der Waals surface area contributed by atoms with Gasteiger partial charge >= 0.3 is 0 Å².